The van der Waals surface area contributed by atoms with Crippen LogP contribution in [0.15, 0.2) is 54.6 Å². The van der Waals surface area contributed by atoms with E-state index >= 15 is 0 Å². The first kappa shape index (κ1) is 23.1. The van der Waals surface area contributed by atoms with Crippen LogP contribution in [-0.4, -0.2) is 34.1 Å². The molecule has 5 rings (SSSR count). The molecule has 2 fully saturated rings. The number of carboxylic acid groups (broad SMARTS) is 1. The van der Waals surface area contributed by atoms with Crippen molar-refractivity contribution in [3.8, 4) is 22.4 Å². The van der Waals surface area contributed by atoms with Gasteiger partial charge in [-0.25, -0.2) is 4.79 Å². The lowest BCUT2D eigenvalue weighted by Gasteiger charge is -2.28. The molecule has 1 aromatic heterocycles. The van der Waals surface area contributed by atoms with Crippen molar-refractivity contribution in [3.63, 3.8) is 0 Å². The second-order valence-electron chi connectivity index (χ2n) is 9.74. The van der Waals surface area contributed by atoms with Gasteiger partial charge in [0.1, 0.15) is 6.61 Å². The highest BCUT2D eigenvalue weighted by Crippen LogP contribution is 2.48. The highest BCUT2D eigenvalue weighted by molar-refractivity contribution is 6.30. The lowest BCUT2D eigenvalue weighted by Crippen LogP contribution is -2.23. The van der Waals surface area contributed by atoms with Gasteiger partial charge in [0.05, 0.1) is 18.0 Å². The number of carboxylic acids is 1. The molecule has 0 atom stereocenters. The monoisotopic (exact) mass is 478 g/mol. The second-order valence-corrected chi connectivity index (χ2v) is 10.2. The Morgan fingerprint density at radius 2 is 1.68 bits per heavy atom. The number of ether oxygens (including phenoxy) is 1. The van der Waals surface area contributed by atoms with Gasteiger partial charge in [-0.05, 0) is 68.1 Å². The first-order chi connectivity index (χ1) is 16.6. The molecule has 2 aliphatic rings. The Balaban J connectivity index is 1.42. The summed E-state index contributed by atoms with van der Waals surface area (Å²) < 4.78 is 7.60. The van der Waals surface area contributed by atoms with Crippen LogP contribution in [-0.2, 0) is 16.1 Å². The zero-order valence-electron chi connectivity index (χ0n) is 19.3. The van der Waals surface area contributed by atoms with Crippen LogP contribution in [0.4, 0.5) is 0 Å². The molecular formula is C28H31ClN2O3. The summed E-state index contributed by atoms with van der Waals surface area (Å²) in [6.45, 7) is 1.23. The molecule has 0 saturated heterocycles. The van der Waals surface area contributed by atoms with E-state index in [0.29, 0.717) is 24.4 Å². The molecule has 0 radical (unpaired) electrons. The van der Waals surface area contributed by atoms with Crippen molar-refractivity contribution in [1.29, 1.82) is 0 Å². The van der Waals surface area contributed by atoms with Crippen molar-refractivity contribution in [2.45, 2.75) is 51.0 Å². The van der Waals surface area contributed by atoms with E-state index in [1.165, 1.54) is 35.4 Å². The summed E-state index contributed by atoms with van der Waals surface area (Å²) in [6.07, 6.45) is 6.76. The molecule has 178 valence electrons. The number of aliphatic carboxylic acids is 1. The van der Waals surface area contributed by atoms with Crippen LogP contribution in [0.1, 0.15) is 50.1 Å². The van der Waals surface area contributed by atoms with Crippen molar-refractivity contribution in [2.75, 3.05) is 13.2 Å². The molecule has 3 aromatic rings. The maximum Gasteiger partial charge on any atom is 0.329 e. The van der Waals surface area contributed by atoms with Crippen LogP contribution < -0.4 is 0 Å². The van der Waals surface area contributed by atoms with Crippen molar-refractivity contribution in [3.05, 3.63) is 65.3 Å². The molecule has 0 unspecified atom stereocenters. The van der Waals surface area contributed by atoms with E-state index in [-0.39, 0.29) is 6.61 Å². The molecule has 1 N–H and O–H groups in total. The van der Waals surface area contributed by atoms with E-state index in [1.807, 2.05) is 12.1 Å². The maximum atomic E-state index is 10.7. The predicted octanol–water partition coefficient (Wildman–Crippen LogP) is 6.66. The zero-order chi connectivity index (χ0) is 23.5. The highest BCUT2D eigenvalue weighted by Gasteiger charge is 2.33. The van der Waals surface area contributed by atoms with Gasteiger partial charge in [-0.1, -0.05) is 54.1 Å². The molecule has 1 heterocycles. The van der Waals surface area contributed by atoms with Crippen LogP contribution in [0.2, 0.25) is 5.02 Å². The summed E-state index contributed by atoms with van der Waals surface area (Å²) in [5, 5.41) is 14.8. The first-order valence-corrected chi connectivity index (χ1v) is 12.7. The number of hydrogen-bond acceptors (Lipinski definition) is 3. The number of halogens is 1. The number of rotatable bonds is 9. The lowest BCUT2D eigenvalue weighted by atomic mass is 9.82. The molecule has 0 spiro atoms. The predicted molar refractivity (Wildman–Crippen MR) is 134 cm³/mol. The van der Waals surface area contributed by atoms with Gasteiger partial charge < -0.3 is 9.84 Å². The Morgan fingerprint density at radius 1 is 0.971 bits per heavy atom. The van der Waals surface area contributed by atoms with Crippen LogP contribution in [0, 0.1) is 11.8 Å². The third kappa shape index (κ3) is 5.37. The van der Waals surface area contributed by atoms with E-state index in [1.54, 1.807) is 0 Å². The molecule has 2 aromatic carbocycles. The molecule has 2 aliphatic carbocycles. The van der Waals surface area contributed by atoms with Gasteiger partial charge >= 0.3 is 5.97 Å². The van der Waals surface area contributed by atoms with E-state index < -0.39 is 5.97 Å². The lowest BCUT2D eigenvalue weighted by molar-refractivity contribution is -0.142. The fourth-order valence-electron chi connectivity index (χ4n) is 5.21. The number of hydrogen-bond donors (Lipinski definition) is 1. The van der Waals surface area contributed by atoms with E-state index in [2.05, 4.69) is 47.1 Å². The summed E-state index contributed by atoms with van der Waals surface area (Å²) in [5.74, 6) is 0.630. The topological polar surface area (TPSA) is 64.3 Å². The molecular weight excluding hydrogens is 448 g/mol. The van der Waals surface area contributed by atoms with Crippen LogP contribution >= 0.6 is 11.6 Å². The zero-order valence-corrected chi connectivity index (χ0v) is 20.1. The van der Waals surface area contributed by atoms with Crippen LogP contribution in [0.5, 0.6) is 0 Å². The van der Waals surface area contributed by atoms with Gasteiger partial charge in [-0.2, -0.15) is 5.10 Å². The first-order valence-electron chi connectivity index (χ1n) is 12.3. The summed E-state index contributed by atoms with van der Waals surface area (Å²) in [5.41, 5.74) is 5.95. The van der Waals surface area contributed by atoms with Gasteiger partial charge in [0.15, 0.2) is 0 Å². The standard InChI is InChI=1S/C28H31ClN2O3/c29-24-8-4-7-23(15-24)26-27(21-13-14-21)30-31(28(26)22-5-2-1-3-6-22)16-19-9-11-20(12-10-19)17-34-18-25(32)33/h1-8,15,19-21H,9-14,16-18H2,(H,32,33)/t19-,20-. The SMILES string of the molecule is O=C(O)COC[C@H]1CC[C@H](Cn2nc(C3CC3)c(-c3cccc(Cl)c3)c2-c2ccccc2)CC1. The number of aromatic nitrogens is 2. The fourth-order valence-corrected chi connectivity index (χ4v) is 5.40. The molecule has 0 amide bonds. The third-order valence-corrected chi connectivity index (χ3v) is 7.32. The van der Waals surface area contributed by atoms with E-state index in [9.17, 15) is 4.79 Å². The average Bonchev–Trinajstić information content (AvgIpc) is 3.62. The minimum absolute atomic E-state index is 0.204. The van der Waals surface area contributed by atoms with Crippen LogP contribution in [0.25, 0.3) is 22.4 Å². The maximum absolute atomic E-state index is 10.7. The summed E-state index contributed by atoms with van der Waals surface area (Å²) in [4.78, 5) is 10.7. The fraction of sp³-hybridized carbons (Fsp3) is 0.429. The normalized spacial score (nSPS) is 20.4. The summed E-state index contributed by atoms with van der Waals surface area (Å²) >= 11 is 6.40. The van der Waals surface area contributed by atoms with Gasteiger partial charge in [-0.3, -0.25) is 4.68 Å². The number of nitrogens with zero attached hydrogens (tertiary/aromatic N) is 2. The van der Waals surface area contributed by atoms with Gasteiger partial charge in [0, 0.05) is 28.6 Å². The van der Waals surface area contributed by atoms with Gasteiger partial charge in [0.25, 0.3) is 0 Å². The minimum atomic E-state index is -0.900. The van der Waals surface area contributed by atoms with Crippen molar-refractivity contribution in [2.24, 2.45) is 11.8 Å². The van der Waals surface area contributed by atoms with Gasteiger partial charge in [-0.15, -0.1) is 0 Å². The Kier molecular flexibility index (Phi) is 7.02. The molecule has 0 bridgehead atoms. The Morgan fingerprint density at radius 3 is 2.35 bits per heavy atom. The summed E-state index contributed by atoms with van der Waals surface area (Å²) in [7, 11) is 0. The van der Waals surface area contributed by atoms with Crippen molar-refractivity contribution >= 4 is 17.6 Å². The average molecular weight is 479 g/mol. The number of carbonyl (C=O) groups is 1. The summed E-state index contributed by atoms with van der Waals surface area (Å²) in [6, 6.07) is 18.7. The largest absolute Gasteiger partial charge is 0.480 e. The smallest absolute Gasteiger partial charge is 0.329 e. The number of benzene rings is 2. The quantitative estimate of drug-likeness (QED) is 0.373. The van der Waals surface area contributed by atoms with Crippen molar-refractivity contribution < 1.29 is 14.6 Å². The van der Waals surface area contributed by atoms with E-state index in [4.69, 9.17) is 26.5 Å². The Hall–Kier alpha value is -2.63. The molecule has 2 saturated carbocycles. The Bertz CT molecular complexity index is 1130. The Labute approximate surface area is 205 Å². The molecule has 0 aliphatic heterocycles. The minimum Gasteiger partial charge on any atom is -0.480 e. The molecule has 5 nitrogen and oxygen atoms in total. The van der Waals surface area contributed by atoms with Gasteiger partial charge in [0.2, 0.25) is 0 Å². The van der Waals surface area contributed by atoms with E-state index in [0.717, 1.165) is 42.8 Å². The highest BCUT2D eigenvalue weighted by atomic mass is 35.5. The second kappa shape index (κ2) is 10.3. The van der Waals surface area contributed by atoms with Crippen LogP contribution in [0.3, 0.4) is 0 Å². The molecule has 6 heteroatoms. The third-order valence-electron chi connectivity index (χ3n) is 7.08. The van der Waals surface area contributed by atoms with Crippen molar-refractivity contribution in [1.82, 2.24) is 9.78 Å². The molecule has 34 heavy (non-hydrogen) atoms.